The van der Waals surface area contributed by atoms with Crippen molar-refractivity contribution in [3.63, 3.8) is 0 Å². The van der Waals surface area contributed by atoms with Crippen molar-refractivity contribution in [3.8, 4) is 0 Å². The Morgan fingerprint density at radius 2 is 1.87 bits per heavy atom. The molecule has 0 aliphatic carbocycles. The fourth-order valence-electron chi connectivity index (χ4n) is 4.25. The van der Waals surface area contributed by atoms with E-state index in [-0.39, 0.29) is 29.7 Å². The Kier molecular flexibility index (Phi) is 5.61. The van der Waals surface area contributed by atoms with Gasteiger partial charge in [-0.15, -0.1) is 0 Å². The molecule has 10 heteroatoms. The van der Waals surface area contributed by atoms with Crippen LogP contribution in [0.2, 0.25) is 0 Å². The van der Waals surface area contributed by atoms with E-state index in [0.717, 1.165) is 25.9 Å². The molecule has 160 valence electrons. The number of carbonyl (C=O) groups excluding carboxylic acids is 2. The van der Waals surface area contributed by atoms with Crippen molar-refractivity contribution in [2.45, 2.75) is 24.9 Å². The fourth-order valence-corrected chi connectivity index (χ4v) is 6.20. The maximum Gasteiger partial charge on any atom is 0.257 e. The van der Waals surface area contributed by atoms with Crippen molar-refractivity contribution in [1.29, 1.82) is 0 Å². The number of benzene rings is 1. The maximum absolute atomic E-state index is 12.5. The van der Waals surface area contributed by atoms with Gasteiger partial charge in [-0.1, -0.05) is 12.1 Å². The summed E-state index contributed by atoms with van der Waals surface area (Å²) in [7, 11) is -3.22. The number of hydrogen-bond acceptors (Lipinski definition) is 6. The molecule has 2 unspecified atom stereocenters. The number of pyridine rings is 1. The molecule has 1 aromatic carbocycles. The van der Waals surface area contributed by atoms with E-state index in [4.69, 9.17) is 0 Å². The van der Waals surface area contributed by atoms with Crippen LogP contribution < -0.4 is 16.1 Å². The van der Waals surface area contributed by atoms with E-state index in [1.54, 1.807) is 24.3 Å². The summed E-state index contributed by atoms with van der Waals surface area (Å²) in [6, 6.07) is 6.11. The van der Waals surface area contributed by atoms with Gasteiger partial charge in [0.15, 0.2) is 9.84 Å². The number of hydrogen-bond donors (Lipinski definition) is 3. The molecule has 0 radical (unpaired) electrons. The Balaban J connectivity index is 1.39. The lowest BCUT2D eigenvalue weighted by Gasteiger charge is -2.28. The standard InChI is InChI=1S/C20H24N4O5S/c25-18(23-16-11-30(28,29)12-17(16)24-7-3-4-8-24)10-22-20(27)14-9-21-15-6-2-1-5-13(15)19(14)26/h1-2,5-6,9,16-17H,3-4,7-8,10-12H2,(H,21,26)(H,22,27)(H,23,25). The summed E-state index contributed by atoms with van der Waals surface area (Å²) in [6.07, 6.45) is 3.37. The molecule has 0 spiro atoms. The minimum absolute atomic E-state index is 0.0385. The van der Waals surface area contributed by atoms with E-state index in [1.807, 2.05) is 0 Å². The lowest BCUT2D eigenvalue weighted by Crippen LogP contribution is -2.52. The average molecular weight is 433 g/mol. The Bertz CT molecular complexity index is 1140. The van der Waals surface area contributed by atoms with E-state index >= 15 is 0 Å². The smallest absolute Gasteiger partial charge is 0.257 e. The van der Waals surface area contributed by atoms with Crippen molar-refractivity contribution in [2.24, 2.45) is 0 Å². The van der Waals surface area contributed by atoms with Gasteiger partial charge in [0, 0.05) is 23.1 Å². The SMILES string of the molecule is O=C(CNC(=O)c1c[nH]c2ccccc2c1=O)NC1CS(=O)(=O)CC1N1CCCC1. The summed E-state index contributed by atoms with van der Waals surface area (Å²) in [6.45, 7) is 1.32. The topological polar surface area (TPSA) is 128 Å². The first kappa shape index (κ1) is 20.5. The van der Waals surface area contributed by atoms with Crippen LogP contribution in [-0.4, -0.2) is 73.3 Å². The third-order valence-electron chi connectivity index (χ3n) is 5.72. The zero-order chi connectivity index (χ0) is 21.3. The first-order valence-electron chi connectivity index (χ1n) is 9.96. The first-order chi connectivity index (χ1) is 14.3. The van der Waals surface area contributed by atoms with Crippen LogP contribution in [0, 0.1) is 0 Å². The van der Waals surface area contributed by atoms with Crippen molar-refractivity contribution in [2.75, 3.05) is 31.1 Å². The van der Waals surface area contributed by atoms with Crippen molar-refractivity contribution in [3.05, 3.63) is 46.2 Å². The van der Waals surface area contributed by atoms with Crippen LogP contribution in [0.25, 0.3) is 10.9 Å². The molecule has 3 N–H and O–H groups in total. The van der Waals surface area contributed by atoms with Gasteiger partial charge >= 0.3 is 0 Å². The number of rotatable bonds is 5. The number of H-pyrrole nitrogens is 1. The van der Waals surface area contributed by atoms with Gasteiger partial charge in [-0.25, -0.2) is 8.42 Å². The quantitative estimate of drug-likeness (QED) is 0.592. The minimum Gasteiger partial charge on any atom is -0.360 e. The number of amides is 2. The van der Waals surface area contributed by atoms with Gasteiger partial charge in [0.1, 0.15) is 5.56 Å². The molecule has 2 aliphatic rings. The Morgan fingerprint density at radius 3 is 2.63 bits per heavy atom. The second-order valence-corrected chi connectivity index (χ2v) is 9.97. The number of nitrogens with zero attached hydrogens (tertiary/aromatic N) is 1. The highest BCUT2D eigenvalue weighted by Crippen LogP contribution is 2.22. The van der Waals surface area contributed by atoms with Gasteiger partial charge in [0.25, 0.3) is 5.91 Å². The van der Waals surface area contributed by atoms with E-state index in [0.29, 0.717) is 10.9 Å². The second-order valence-electron chi connectivity index (χ2n) is 7.82. The number of sulfone groups is 1. The summed E-state index contributed by atoms with van der Waals surface area (Å²) in [5.41, 5.74) is 0.116. The van der Waals surface area contributed by atoms with Gasteiger partial charge in [0.05, 0.1) is 24.1 Å². The largest absolute Gasteiger partial charge is 0.360 e. The Labute approximate surface area is 173 Å². The second kappa shape index (κ2) is 8.19. The van der Waals surface area contributed by atoms with E-state index in [9.17, 15) is 22.8 Å². The van der Waals surface area contributed by atoms with E-state index in [2.05, 4.69) is 20.5 Å². The highest BCUT2D eigenvalue weighted by molar-refractivity contribution is 7.91. The number of para-hydroxylation sites is 1. The van der Waals surface area contributed by atoms with Gasteiger partial charge in [-0.05, 0) is 38.1 Å². The van der Waals surface area contributed by atoms with Crippen LogP contribution in [0.1, 0.15) is 23.2 Å². The van der Waals surface area contributed by atoms with Crippen LogP contribution in [0.15, 0.2) is 35.3 Å². The van der Waals surface area contributed by atoms with Crippen LogP contribution >= 0.6 is 0 Å². The summed E-state index contributed by atoms with van der Waals surface area (Å²) in [4.78, 5) is 42.3. The highest BCUT2D eigenvalue weighted by atomic mass is 32.2. The van der Waals surface area contributed by atoms with Crippen LogP contribution in [0.5, 0.6) is 0 Å². The van der Waals surface area contributed by atoms with Gasteiger partial charge in [0.2, 0.25) is 11.3 Å². The Morgan fingerprint density at radius 1 is 1.13 bits per heavy atom. The molecule has 4 rings (SSSR count). The molecule has 2 aliphatic heterocycles. The van der Waals surface area contributed by atoms with Crippen molar-refractivity contribution < 1.29 is 18.0 Å². The van der Waals surface area contributed by atoms with Crippen LogP contribution in [0.3, 0.4) is 0 Å². The normalized spacial score (nSPS) is 23.5. The lowest BCUT2D eigenvalue weighted by molar-refractivity contribution is -0.121. The van der Waals surface area contributed by atoms with Crippen LogP contribution in [0.4, 0.5) is 0 Å². The summed E-state index contributed by atoms with van der Waals surface area (Å²) in [5, 5.41) is 5.59. The van der Waals surface area contributed by atoms with Gasteiger partial charge < -0.3 is 15.6 Å². The maximum atomic E-state index is 12.5. The molecule has 2 amide bonds. The molecule has 30 heavy (non-hydrogen) atoms. The number of nitrogens with one attached hydrogen (secondary N) is 3. The van der Waals surface area contributed by atoms with Gasteiger partial charge in [-0.3, -0.25) is 19.3 Å². The highest BCUT2D eigenvalue weighted by Gasteiger charge is 2.42. The number of fused-ring (bicyclic) bond motifs is 1. The average Bonchev–Trinajstić information content (AvgIpc) is 3.34. The predicted molar refractivity (Wildman–Crippen MR) is 112 cm³/mol. The molecule has 3 heterocycles. The number of carbonyl (C=O) groups is 2. The Hall–Kier alpha value is -2.72. The van der Waals surface area contributed by atoms with Crippen molar-refractivity contribution >= 4 is 32.6 Å². The molecule has 0 bridgehead atoms. The molecule has 2 aromatic rings. The fraction of sp³-hybridized carbons (Fsp3) is 0.450. The van der Waals surface area contributed by atoms with E-state index < -0.39 is 33.1 Å². The molecular weight excluding hydrogens is 408 g/mol. The molecule has 9 nitrogen and oxygen atoms in total. The van der Waals surface area contributed by atoms with Gasteiger partial charge in [-0.2, -0.15) is 0 Å². The molecule has 0 saturated carbocycles. The van der Waals surface area contributed by atoms with Crippen molar-refractivity contribution in [1.82, 2.24) is 20.5 Å². The minimum atomic E-state index is -3.22. The third kappa shape index (κ3) is 4.24. The third-order valence-corrected chi connectivity index (χ3v) is 7.44. The number of aromatic amines is 1. The molecule has 2 atom stereocenters. The zero-order valence-corrected chi connectivity index (χ0v) is 17.2. The number of aromatic nitrogens is 1. The summed E-state index contributed by atoms with van der Waals surface area (Å²) in [5.74, 6) is -1.20. The molecule has 1 aromatic heterocycles. The molecular formula is C20H24N4O5S. The zero-order valence-electron chi connectivity index (χ0n) is 16.4. The lowest BCUT2D eigenvalue weighted by atomic mass is 10.1. The van der Waals surface area contributed by atoms with E-state index in [1.165, 1.54) is 6.20 Å². The first-order valence-corrected chi connectivity index (χ1v) is 11.8. The monoisotopic (exact) mass is 432 g/mol. The molecule has 2 saturated heterocycles. The predicted octanol–water partition coefficient (Wildman–Crippen LogP) is -0.364. The number of likely N-dealkylation sites (tertiary alicyclic amines) is 1. The van der Waals surface area contributed by atoms with Crippen LogP contribution in [-0.2, 0) is 14.6 Å². The summed E-state index contributed by atoms with van der Waals surface area (Å²) >= 11 is 0. The summed E-state index contributed by atoms with van der Waals surface area (Å²) < 4.78 is 24.2. The molecule has 2 fully saturated rings.